The molecule has 8 heteroatoms. The molecular weight excluding hydrogens is 384 g/mol. The number of fused-ring (bicyclic) bond motifs is 1. The standard InChI is InChI=1S/C22H30N4O4.H2/c1-15-19(29-17-6-8-24(2)9-7-17)5-4-16-14-18(21(27)30-20(15)16)23-22(28)26-12-10-25(3)11-13-26;/h4-5,14,17H,6-13H2,1-3H3,(H,23,28);1H. The van der Waals surface area contributed by atoms with E-state index in [9.17, 15) is 9.59 Å². The Kier molecular flexibility index (Phi) is 5.97. The van der Waals surface area contributed by atoms with Crippen LogP contribution in [0, 0.1) is 6.92 Å². The maximum absolute atomic E-state index is 12.5. The average molecular weight is 417 g/mol. The second-order valence-corrected chi connectivity index (χ2v) is 8.40. The van der Waals surface area contributed by atoms with E-state index in [-0.39, 0.29) is 19.2 Å². The number of nitrogens with one attached hydrogen (secondary N) is 1. The lowest BCUT2D eigenvalue weighted by Gasteiger charge is -2.32. The third-order valence-corrected chi connectivity index (χ3v) is 6.09. The number of carbonyl (C=O) groups is 1. The summed E-state index contributed by atoms with van der Waals surface area (Å²) in [4.78, 5) is 31.2. The lowest BCUT2D eigenvalue weighted by molar-refractivity contribution is 0.113. The summed E-state index contributed by atoms with van der Waals surface area (Å²) in [5.74, 6) is 0.745. The first-order chi connectivity index (χ1) is 14.4. The molecule has 0 radical (unpaired) electrons. The van der Waals surface area contributed by atoms with Crippen molar-refractivity contribution < 1.29 is 15.4 Å². The number of likely N-dealkylation sites (tertiary alicyclic amines) is 1. The third kappa shape index (κ3) is 4.44. The smallest absolute Gasteiger partial charge is 0.360 e. The number of carbonyl (C=O) groups excluding carboxylic acids is 1. The molecule has 1 aromatic heterocycles. The fourth-order valence-corrected chi connectivity index (χ4v) is 4.01. The van der Waals surface area contributed by atoms with Crippen molar-refractivity contribution >= 4 is 22.7 Å². The molecule has 8 nitrogen and oxygen atoms in total. The van der Waals surface area contributed by atoms with Gasteiger partial charge in [0, 0.05) is 51.6 Å². The highest BCUT2D eigenvalue weighted by Crippen LogP contribution is 2.29. The van der Waals surface area contributed by atoms with Crippen LogP contribution in [-0.4, -0.2) is 80.2 Å². The molecule has 0 bridgehead atoms. The summed E-state index contributed by atoms with van der Waals surface area (Å²) in [7, 11) is 4.15. The molecule has 164 valence electrons. The number of rotatable bonds is 3. The first-order valence-electron chi connectivity index (χ1n) is 10.6. The van der Waals surface area contributed by atoms with Gasteiger partial charge in [0.25, 0.3) is 0 Å². The molecule has 0 saturated carbocycles. The predicted octanol–water partition coefficient (Wildman–Crippen LogP) is 2.60. The van der Waals surface area contributed by atoms with Crippen LogP contribution in [0.3, 0.4) is 0 Å². The van der Waals surface area contributed by atoms with Gasteiger partial charge in [-0.05, 0) is 52.1 Å². The van der Waals surface area contributed by atoms with Crippen molar-refractivity contribution in [3.8, 4) is 5.75 Å². The molecule has 0 atom stereocenters. The molecule has 1 N–H and O–H groups in total. The van der Waals surface area contributed by atoms with Crippen LogP contribution in [0.5, 0.6) is 5.75 Å². The molecular formula is C22H32N4O4. The Morgan fingerprint density at radius 1 is 1.10 bits per heavy atom. The summed E-state index contributed by atoms with van der Waals surface area (Å²) in [5, 5.41) is 3.48. The average Bonchev–Trinajstić information content (AvgIpc) is 2.73. The highest BCUT2D eigenvalue weighted by atomic mass is 16.5. The summed E-state index contributed by atoms with van der Waals surface area (Å²) < 4.78 is 11.8. The predicted molar refractivity (Wildman–Crippen MR) is 119 cm³/mol. The topological polar surface area (TPSA) is 78.3 Å². The van der Waals surface area contributed by atoms with Gasteiger partial charge < -0.3 is 29.2 Å². The fraction of sp³-hybridized carbons (Fsp3) is 0.545. The molecule has 3 heterocycles. The van der Waals surface area contributed by atoms with Gasteiger partial charge in [-0.3, -0.25) is 0 Å². The second-order valence-electron chi connectivity index (χ2n) is 8.40. The largest absolute Gasteiger partial charge is 0.490 e. The molecule has 30 heavy (non-hydrogen) atoms. The van der Waals surface area contributed by atoms with Crippen molar-refractivity contribution in [2.24, 2.45) is 0 Å². The van der Waals surface area contributed by atoms with Gasteiger partial charge in [0.05, 0.1) is 0 Å². The first-order valence-corrected chi connectivity index (χ1v) is 10.6. The number of piperazine rings is 1. The van der Waals surface area contributed by atoms with Gasteiger partial charge in [-0.1, -0.05) is 0 Å². The van der Waals surface area contributed by atoms with E-state index in [2.05, 4.69) is 22.2 Å². The van der Waals surface area contributed by atoms with E-state index in [1.54, 1.807) is 11.0 Å². The van der Waals surface area contributed by atoms with Crippen LogP contribution in [0.1, 0.15) is 19.8 Å². The van der Waals surface area contributed by atoms with Crippen molar-refractivity contribution in [1.29, 1.82) is 0 Å². The zero-order valence-electron chi connectivity index (χ0n) is 17.9. The summed E-state index contributed by atoms with van der Waals surface area (Å²) in [5.41, 5.74) is 0.919. The lowest BCUT2D eigenvalue weighted by atomic mass is 10.1. The molecule has 0 aliphatic carbocycles. The molecule has 2 fully saturated rings. The van der Waals surface area contributed by atoms with E-state index in [1.165, 1.54) is 0 Å². The van der Waals surface area contributed by atoms with Crippen LogP contribution in [0.2, 0.25) is 0 Å². The highest BCUT2D eigenvalue weighted by molar-refractivity contribution is 5.92. The van der Waals surface area contributed by atoms with E-state index in [0.29, 0.717) is 18.7 Å². The van der Waals surface area contributed by atoms with Gasteiger partial charge >= 0.3 is 11.7 Å². The number of nitrogens with zero attached hydrogens (tertiary/aromatic N) is 3. The van der Waals surface area contributed by atoms with E-state index in [4.69, 9.17) is 9.15 Å². The van der Waals surface area contributed by atoms with Gasteiger partial charge in [-0.2, -0.15) is 0 Å². The number of aryl methyl sites for hydroxylation is 1. The normalized spacial score (nSPS) is 19.2. The lowest BCUT2D eigenvalue weighted by Crippen LogP contribution is -2.48. The monoisotopic (exact) mass is 416 g/mol. The van der Waals surface area contributed by atoms with Gasteiger partial charge in [0.1, 0.15) is 23.1 Å². The van der Waals surface area contributed by atoms with Crippen LogP contribution in [0.25, 0.3) is 11.0 Å². The van der Waals surface area contributed by atoms with Gasteiger partial charge in [-0.15, -0.1) is 0 Å². The number of piperidine rings is 1. The Bertz CT molecular complexity index is 979. The van der Waals surface area contributed by atoms with Gasteiger partial charge in [0.2, 0.25) is 0 Å². The quantitative estimate of drug-likeness (QED) is 0.775. The number of urea groups is 1. The van der Waals surface area contributed by atoms with Gasteiger partial charge in [-0.25, -0.2) is 9.59 Å². The second kappa shape index (κ2) is 8.65. The Morgan fingerprint density at radius 2 is 1.77 bits per heavy atom. The molecule has 2 aromatic rings. The molecule has 0 unspecified atom stereocenters. The number of likely N-dealkylation sites (N-methyl/N-ethyl adjacent to an activating group) is 1. The molecule has 0 spiro atoms. The minimum absolute atomic E-state index is 0. The fourth-order valence-electron chi connectivity index (χ4n) is 4.01. The molecule has 2 aliphatic rings. The summed E-state index contributed by atoms with van der Waals surface area (Å²) >= 11 is 0. The zero-order chi connectivity index (χ0) is 21.3. The van der Waals surface area contributed by atoms with Crippen molar-refractivity contribution in [1.82, 2.24) is 14.7 Å². The van der Waals surface area contributed by atoms with E-state index >= 15 is 0 Å². The van der Waals surface area contributed by atoms with Crippen LogP contribution in [-0.2, 0) is 0 Å². The Labute approximate surface area is 177 Å². The Morgan fingerprint density at radius 3 is 2.47 bits per heavy atom. The number of benzene rings is 1. The molecule has 1 aromatic carbocycles. The van der Waals surface area contributed by atoms with E-state index < -0.39 is 5.63 Å². The molecule has 2 aliphatic heterocycles. The Balaban J connectivity index is 0.00000272. The van der Waals surface area contributed by atoms with E-state index in [1.807, 2.05) is 26.1 Å². The third-order valence-electron chi connectivity index (χ3n) is 6.09. The first kappa shape index (κ1) is 20.7. The number of hydrogen-bond acceptors (Lipinski definition) is 6. The molecule has 4 rings (SSSR count). The minimum atomic E-state index is -0.551. The number of anilines is 1. The number of amides is 2. The van der Waals surface area contributed by atoms with Gasteiger partial charge in [0.15, 0.2) is 0 Å². The maximum Gasteiger partial charge on any atom is 0.360 e. The van der Waals surface area contributed by atoms with Crippen LogP contribution < -0.4 is 15.7 Å². The highest BCUT2D eigenvalue weighted by Gasteiger charge is 2.22. The summed E-state index contributed by atoms with van der Waals surface area (Å²) in [6.45, 7) is 6.84. The maximum atomic E-state index is 12.5. The summed E-state index contributed by atoms with van der Waals surface area (Å²) in [6, 6.07) is 5.21. The SMILES string of the molecule is Cc1c(OC2CCN(C)CC2)ccc2cc(NC(=O)N3CCN(C)CC3)c(=O)oc12.[HH]. The van der Waals surface area contributed by atoms with Crippen LogP contribution in [0.4, 0.5) is 10.5 Å². The minimum Gasteiger partial charge on any atom is -0.490 e. The number of hydrogen-bond donors (Lipinski definition) is 1. The van der Waals surface area contributed by atoms with Crippen molar-refractivity contribution in [2.45, 2.75) is 25.9 Å². The van der Waals surface area contributed by atoms with Crippen LogP contribution in [0.15, 0.2) is 27.4 Å². The van der Waals surface area contributed by atoms with E-state index in [0.717, 1.165) is 55.7 Å². The van der Waals surface area contributed by atoms with Crippen molar-refractivity contribution in [3.05, 3.63) is 34.2 Å². The Hall–Kier alpha value is -2.58. The number of ether oxygens (including phenoxy) is 1. The van der Waals surface area contributed by atoms with Crippen molar-refractivity contribution in [2.75, 3.05) is 58.7 Å². The molecule has 2 saturated heterocycles. The van der Waals surface area contributed by atoms with Crippen LogP contribution >= 0.6 is 0 Å². The summed E-state index contributed by atoms with van der Waals surface area (Å²) in [6.07, 6.45) is 2.14. The molecule has 2 amide bonds. The van der Waals surface area contributed by atoms with Crippen molar-refractivity contribution in [3.63, 3.8) is 0 Å². The zero-order valence-corrected chi connectivity index (χ0v) is 17.9.